The molecule has 2 N–H and O–H groups in total. The predicted octanol–water partition coefficient (Wildman–Crippen LogP) is 5.29. The Morgan fingerprint density at radius 1 is 1.02 bits per heavy atom. The molecule has 3 aliphatic rings. The van der Waals surface area contributed by atoms with Crippen molar-refractivity contribution in [2.75, 3.05) is 41.4 Å². The second-order valence-electron chi connectivity index (χ2n) is 13.3. The molecule has 2 aliphatic heterocycles. The highest BCUT2D eigenvalue weighted by Gasteiger charge is 2.39. The average molecular weight is 647 g/mol. The number of rotatable bonds is 8. The van der Waals surface area contributed by atoms with Crippen molar-refractivity contribution in [1.82, 2.24) is 30.0 Å². The third kappa shape index (κ3) is 6.96. The van der Waals surface area contributed by atoms with E-state index in [1.54, 1.807) is 17.1 Å². The second-order valence-corrected chi connectivity index (χ2v) is 13.3. The lowest BCUT2D eigenvalue weighted by molar-refractivity contribution is 0.133. The quantitative estimate of drug-likeness (QED) is 0.262. The van der Waals surface area contributed by atoms with Crippen LogP contribution in [-0.4, -0.2) is 69.2 Å². The van der Waals surface area contributed by atoms with Gasteiger partial charge in [-0.15, -0.1) is 0 Å². The van der Waals surface area contributed by atoms with Crippen molar-refractivity contribution < 1.29 is 9.53 Å². The number of ether oxygens (including phenoxy) is 1. The lowest BCUT2D eigenvalue weighted by Gasteiger charge is -2.39. The molecule has 1 saturated carbocycles. The molecule has 0 bridgehead atoms. The van der Waals surface area contributed by atoms with E-state index in [4.69, 9.17) is 14.7 Å². The van der Waals surface area contributed by atoms with Crippen LogP contribution in [0.3, 0.4) is 0 Å². The number of hydrogen-bond acceptors (Lipinski definition) is 9. The molecule has 1 aromatic carbocycles. The number of pyridine rings is 1. The van der Waals surface area contributed by atoms with Crippen LogP contribution in [0.25, 0.3) is 11.1 Å². The van der Waals surface area contributed by atoms with E-state index < -0.39 is 0 Å². The van der Waals surface area contributed by atoms with Gasteiger partial charge in [-0.3, -0.25) is 9.58 Å². The Labute approximate surface area is 281 Å². The van der Waals surface area contributed by atoms with Gasteiger partial charge in [-0.05, 0) is 68.1 Å². The number of carbonyl (C=O) groups excluding carboxylic acids is 1. The summed E-state index contributed by atoms with van der Waals surface area (Å²) in [5, 5.41) is 20.8. The van der Waals surface area contributed by atoms with Crippen molar-refractivity contribution >= 4 is 23.6 Å². The summed E-state index contributed by atoms with van der Waals surface area (Å²) in [7, 11) is 1.89. The van der Waals surface area contributed by atoms with E-state index in [1.807, 2.05) is 66.8 Å². The lowest BCUT2D eigenvalue weighted by Crippen LogP contribution is -2.49. The van der Waals surface area contributed by atoms with Crippen LogP contribution in [0.5, 0.6) is 0 Å². The minimum atomic E-state index is -0.163. The highest BCUT2D eigenvalue weighted by Crippen LogP contribution is 2.40. The van der Waals surface area contributed by atoms with Gasteiger partial charge in [0, 0.05) is 68.9 Å². The Morgan fingerprint density at radius 2 is 1.83 bits per heavy atom. The average Bonchev–Trinajstić information content (AvgIpc) is 3.78. The lowest BCUT2D eigenvalue weighted by atomic mass is 9.78. The molecule has 3 aromatic heterocycles. The highest BCUT2D eigenvalue weighted by atomic mass is 16.5. The third-order valence-corrected chi connectivity index (χ3v) is 10.1. The van der Waals surface area contributed by atoms with Crippen molar-refractivity contribution in [2.45, 2.75) is 63.6 Å². The summed E-state index contributed by atoms with van der Waals surface area (Å²) >= 11 is 0. The fourth-order valence-corrected chi connectivity index (χ4v) is 7.25. The number of nitriles is 1. The van der Waals surface area contributed by atoms with Crippen molar-refractivity contribution in [3.8, 4) is 17.2 Å². The van der Waals surface area contributed by atoms with Gasteiger partial charge in [0.05, 0.1) is 19.0 Å². The van der Waals surface area contributed by atoms with Gasteiger partial charge in [0.1, 0.15) is 17.5 Å². The Morgan fingerprint density at radius 3 is 2.50 bits per heavy atom. The number of nitrogens with zero attached hydrogens (tertiary/aromatic N) is 8. The maximum atomic E-state index is 13.8. The van der Waals surface area contributed by atoms with Gasteiger partial charge < -0.3 is 20.3 Å². The molecule has 2 saturated heterocycles. The number of anilines is 3. The van der Waals surface area contributed by atoms with Gasteiger partial charge in [-0.2, -0.15) is 15.3 Å². The molecule has 0 radical (unpaired) electrons. The normalized spacial score (nSPS) is 20.3. The zero-order valence-corrected chi connectivity index (χ0v) is 27.4. The summed E-state index contributed by atoms with van der Waals surface area (Å²) in [5.41, 5.74) is 3.74. The van der Waals surface area contributed by atoms with Crippen molar-refractivity contribution in [2.24, 2.45) is 12.5 Å². The van der Waals surface area contributed by atoms with Gasteiger partial charge in [0.25, 0.3) is 0 Å². The van der Waals surface area contributed by atoms with Crippen LogP contribution >= 0.6 is 0 Å². The number of urea groups is 1. The molecular weight excluding hydrogens is 604 g/mol. The van der Waals surface area contributed by atoms with E-state index in [9.17, 15) is 10.1 Å². The first-order valence-corrected chi connectivity index (χ1v) is 16.9. The zero-order chi connectivity index (χ0) is 32.9. The van der Waals surface area contributed by atoms with E-state index in [1.165, 1.54) is 0 Å². The Bertz CT molecular complexity index is 1730. The van der Waals surface area contributed by atoms with Crippen LogP contribution in [0.2, 0.25) is 0 Å². The molecule has 7 rings (SSSR count). The molecule has 12 heteroatoms. The van der Waals surface area contributed by atoms with Crippen molar-refractivity contribution in [3.63, 3.8) is 0 Å². The minimum absolute atomic E-state index is 0.0201. The number of aromatic nitrogens is 5. The highest BCUT2D eigenvalue weighted by molar-refractivity contribution is 5.91. The number of amides is 2. The molecule has 1 spiro atoms. The largest absolute Gasteiger partial charge is 0.381 e. The third-order valence-electron chi connectivity index (χ3n) is 10.1. The van der Waals surface area contributed by atoms with Crippen molar-refractivity contribution in [3.05, 3.63) is 78.4 Å². The van der Waals surface area contributed by atoms with E-state index in [0.29, 0.717) is 29.7 Å². The Kier molecular flexibility index (Phi) is 9.20. The molecule has 5 heterocycles. The zero-order valence-electron chi connectivity index (χ0n) is 27.4. The Hall–Kier alpha value is -5.02. The maximum Gasteiger partial charge on any atom is 0.323 e. The summed E-state index contributed by atoms with van der Waals surface area (Å²) in [6.07, 6.45) is 13.7. The first kappa shape index (κ1) is 31.6. The summed E-state index contributed by atoms with van der Waals surface area (Å²) in [5.74, 6) is 1.87. The van der Waals surface area contributed by atoms with Gasteiger partial charge in [-0.25, -0.2) is 14.8 Å². The Balaban J connectivity index is 1.02. The first-order valence-electron chi connectivity index (χ1n) is 16.9. The first-order chi connectivity index (χ1) is 23.5. The number of aryl methyl sites for hydroxylation is 1. The summed E-state index contributed by atoms with van der Waals surface area (Å²) < 4.78 is 7.46. The molecule has 2 amide bonds. The second kappa shape index (κ2) is 14.0. The van der Waals surface area contributed by atoms with E-state index in [2.05, 4.69) is 31.7 Å². The molecule has 4 aromatic rings. The topological polar surface area (TPSA) is 137 Å². The number of carbonyl (C=O) groups is 1. The standard InChI is InChI=1S/C36H42N10O2/c1-44-24-29(23-41-44)27-7-12-32(38-21-27)46(35(47)40-20-26-5-3-2-4-6-26)31-10-8-30(9-11-31)42-34-39-22-28(19-37)33(43-34)45-16-13-36(14-17-45)15-18-48-25-36/h2-7,12,21-24,30-31H,8-11,13-18,20,25H2,1H3,(H,40,47)(H,39,42,43)/t30-,31-. The SMILES string of the molecule is Cn1cc(-c2ccc(N(C(=O)NCc3ccccc3)[C@H]3CC[C@H](Nc4ncc(C#N)c(N5CCC6(CCOC6)CC5)n4)CC3)nc2)cn1. The van der Waals surface area contributed by atoms with Crippen LogP contribution in [0.15, 0.2) is 67.3 Å². The van der Waals surface area contributed by atoms with Crippen LogP contribution in [0.1, 0.15) is 56.1 Å². The van der Waals surface area contributed by atoms with E-state index >= 15 is 0 Å². The molecule has 12 nitrogen and oxygen atoms in total. The fourth-order valence-electron chi connectivity index (χ4n) is 7.25. The summed E-state index contributed by atoms with van der Waals surface area (Å²) in [6.45, 7) is 3.84. The number of nitrogens with one attached hydrogen (secondary N) is 2. The molecule has 248 valence electrons. The molecule has 0 unspecified atom stereocenters. The minimum Gasteiger partial charge on any atom is -0.381 e. The number of piperidine rings is 1. The fraction of sp³-hybridized carbons (Fsp3) is 0.444. The summed E-state index contributed by atoms with van der Waals surface area (Å²) in [6, 6.07) is 16.1. The van der Waals surface area contributed by atoms with Crippen LogP contribution in [0.4, 0.5) is 22.4 Å². The maximum absolute atomic E-state index is 13.8. The van der Waals surface area contributed by atoms with Gasteiger partial charge in [-0.1, -0.05) is 30.3 Å². The smallest absolute Gasteiger partial charge is 0.323 e. The van der Waals surface area contributed by atoms with Crippen LogP contribution in [-0.2, 0) is 18.3 Å². The number of hydrogen-bond donors (Lipinski definition) is 2. The van der Waals surface area contributed by atoms with Crippen LogP contribution in [0, 0.1) is 16.7 Å². The molecular formula is C36H42N10O2. The molecule has 3 fully saturated rings. The van der Waals surface area contributed by atoms with Gasteiger partial charge in [0.15, 0.2) is 5.82 Å². The van der Waals surface area contributed by atoms with E-state index in [-0.39, 0.29) is 23.5 Å². The predicted molar refractivity (Wildman–Crippen MR) is 183 cm³/mol. The van der Waals surface area contributed by atoms with Crippen molar-refractivity contribution in [1.29, 1.82) is 5.26 Å². The van der Waals surface area contributed by atoms with Gasteiger partial charge >= 0.3 is 6.03 Å². The molecule has 1 aliphatic carbocycles. The van der Waals surface area contributed by atoms with Gasteiger partial charge in [0.2, 0.25) is 5.95 Å². The molecule has 48 heavy (non-hydrogen) atoms. The molecule has 0 atom stereocenters. The monoisotopic (exact) mass is 646 g/mol. The van der Waals surface area contributed by atoms with Crippen LogP contribution < -0.4 is 20.4 Å². The van der Waals surface area contributed by atoms with E-state index in [0.717, 1.165) is 87.9 Å². The number of benzene rings is 1. The summed E-state index contributed by atoms with van der Waals surface area (Å²) in [4.78, 5) is 31.9.